The van der Waals surface area contributed by atoms with Gasteiger partial charge in [0.05, 0.1) is 16.4 Å². The van der Waals surface area contributed by atoms with Gasteiger partial charge in [0.25, 0.3) is 0 Å². The molecule has 1 aliphatic heterocycles. The number of anilines is 1. The van der Waals surface area contributed by atoms with Crippen molar-refractivity contribution in [1.82, 2.24) is 10.5 Å². The van der Waals surface area contributed by atoms with Crippen LogP contribution in [0.15, 0.2) is 35.1 Å². The predicted octanol–water partition coefficient (Wildman–Crippen LogP) is 3.43. The lowest BCUT2D eigenvalue weighted by atomic mass is 10.1. The Balaban J connectivity index is 2.43. The van der Waals surface area contributed by atoms with Crippen LogP contribution >= 0.6 is 23.2 Å². The number of hydrogen-bond donors (Lipinski definition) is 2. The highest BCUT2D eigenvalue weighted by atomic mass is 35.5. The van der Waals surface area contributed by atoms with Crippen molar-refractivity contribution in [2.75, 3.05) is 5.73 Å². The molecule has 0 aliphatic carbocycles. The Morgan fingerprint density at radius 3 is 2.68 bits per heavy atom. The minimum atomic E-state index is -0.939. The Morgan fingerprint density at radius 2 is 2.05 bits per heavy atom. The molecule has 1 aliphatic rings. The van der Waals surface area contributed by atoms with Crippen molar-refractivity contribution in [3.8, 4) is 0 Å². The number of nitrogens with zero attached hydrogens (tertiary/aromatic N) is 2. The number of alkyl halides is 1. The summed E-state index contributed by atoms with van der Waals surface area (Å²) in [5.41, 5.74) is 12.1. The molecule has 4 nitrogen and oxygen atoms in total. The van der Waals surface area contributed by atoms with Gasteiger partial charge in [-0.1, -0.05) is 35.3 Å². The van der Waals surface area contributed by atoms with E-state index >= 15 is 0 Å². The molecule has 2 rings (SSSR count). The summed E-state index contributed by atoms with van der Waals surface area (Å²) in [4.78, 5) is -0.939. The fraction of sp³-hybridized carbons (Fsp3) is 0.308. The zero-order valence-corrected chi connectivity index (χ0v) is 12.5. The number of hydrazine groups is 1. The second kappa shape index (κ2) is 4.94. The van der Waals surface area contributed by atoms with Crippen LogP contribution in [0.4, 0.5) is 5.69 Å². The van der Waals surface area contributed by atoms with E-state index in [-0.39, 0.29) is 0 Å². The van der Waals surface area contributed by atoms with Gasteiger partial charge in [0.1, 0.15) is 0 Å². The summed E-state index contributed by atoms with van der Waals surface area (Å²) >= 11 is 12.7. The van der Waals surface area contributed by atoms with E-state index in [1.807, 2.05) is 39.0 Å². The first-order chi connectivity index (χ1) is 8.82. The number of para-hydroxylation sites is 1. The van der Waals surface area contributed by atoms with Gasteiger partial charge in [-0.15, -0.1) is 0 Å². The first kappa shape index (κ1) is 14.0. The topological polar surface area (TPSA) is 53.6 Å². The summed E-state index contributed by atoms with van der Waals surface area (Å²) in [6.07, 6.45) is 1.94. The molecule has 3 N–H and O–H groups in total. The third-order valence-electron chi connectivity index (χ3n) is 2.91. The van der Waals surface area contributed by atoms with E-state index in [1.165, 1.54) is 0 Å². The number of hydrogen-bond acceptors (Lipinski definition) is 4. The molecular weight excluding hydrogens is 283 g/mol. The van der Waals surface area contributed by atoms with Crippen LogP contribution in [-0.4, -0.2) is 10.8 Å². The van der Waals surface area contributed by atoms with E-state index in [4.69, 9.17) is 28.9 Å². The Hall–Kier alpha value is -1.39. The van der Waals surface area contributed by atoms with Crippen molar-refractivity contribution in [2.24, 2.45) is 5.10 Å². The number of nitrogens with two attached hydrogens (primary N) is 1. The third-order valence-corrected chi connectivity index (χ3v) is 3.60. The maximum absolute atomic E-state index is 6.64. The number of nitrogens with one attached hydrogen (secondary N) is 1. The van der Waals surface area contributed by atoms with Crippen molar-refractivity contribution in [3.05, 3.63) is 40.6 Å². The van der Waals surface area contributed by atoms with Crippen LogP contribution in [0.3, 0.4) is 0 Å². The molecule has 102 valence electrons. The van der Waals surface area contributed by atoms with E-state index in [0.717, 1.165) is 11.4 Å². The summed E-state index contributed by atoms with van der Waals surface area (Å²) in [7, 11) is 0. The van der Waals surface area contributed by atoms with Crippen molar-refractivity contribution in [3.63, 3.8) is 0 Å². The molecule has 0 bridgehead atoms. The smallest absolute Gasteiger partial charge is 0.177 e. The molecule has 1 heterocycles. The summed E-state index contributed by atoms with van der Waals surface area (Å²) in [5, 5.41) is 6.45. The average molecular weight is 299 g/mol. The number of halogens is 2. The van der Waals surface area contributed by atoms with Crippen LogP contribution < -0.4 is 11.2 Å². The highest BCUT2D eigenvalue weighted by Gasteiger charge is 2.35. The molecule has 0 saturated carbocycles. The zero-order valence-electron chi connectivity index (χ0n) is 11.0. The van der Waals surface area contributed by atoms with Crippen LogP contribution in [0, 0.1) is 0 Å². The summed E-state index contributed by atoms with van der Waals surface area (Å²) in [6.45, 7) is 5.67. The molecule has 1 aromatic rings. The molecule has 0 fully saturated rings. The molecule has 1 atom stereocenters. The fourth-order valence-corrected chi connectivity index (χ4v) is 2.39. The van der Waals surface area contributed by atoms with Gasteiger partial charge in [-0.2, -0.15) is 10.2 Å². The monoisotopic (exact) mass is 298 g/mol. The van der Waals surface area contributed by atoms with Crippen LogP contribution in [0.2, 0.25) is 5.02 Å². The second-order valence-electron chi connectivity index (χ2n) is 4.65. The van der Waals surface area contributed by atoms with Crippen molar-refractivity contribution in [2.45, 2.75) is 25.8 Å². The van der Waals surface area contributed by atoms with Gasteiger partial charge in [-0.3, -0.25) is 5.43 Å². The van der Waals surface area contributed by atoms with Gasteiger partial charge >= 0.3 is 0 Å². The highest BCUT2D eigenvalue weighted by molar-refractivity contribution is 6.33. The Morgan fingerprint density at radius 1 is 1.37 bits per heavy atom. The molecular formula is C13H16Cl2N4. The number of hydrazone groups is 1. The first-order valence-electron chi connectivity index (χ1n) is 5.86. The van der Waals surface area contributed by atoms with Crippen LogP contribution in [0.1, 0.15) is 26.3 Å². The third kappa shape index (κ3) is 2.65. The Labute approximate surface area is 122 Å². The molecule has 19 heavy (non-hydrogen) atoms. The van der Waals surface area contributed by atoms with Crippen molar-refractivity contribution in [1.29, 1.82) is 0 Å². The number of rotatable bonds is 2. The van der Waals surface area contributed by atoms with Gasteiger partial charge in [0.15, 0.2) is 5.00 Å². The van der Waals surface area contributed by atoms with Gasteiger partial charge in [0, 0.05) is 11.3 Å². The minimum absolute atomic E-state index is 0.462. The van der Waals surface area contributed by atoms with Gasteiger partial charge < -0.3 is 5.73 Å². The number of allylic oxidation sites excluding steroid dienone is 2. The van der Waals surface area contributed by atoms with Crippen molar-refractivity contribution < 1.29 is 0 Å². The minimum Gasteiger partial charge on any atom is -0.397 e. The van der Waals surface area contributed by atoms with Crippen LogP contribution in [0.5, 0.6) is 0 Å². The zero-order chi connectivity index (χ0) is 14.2. The predicted molar refractivity (Wildman–Crippen MR) is 80.9 cm³/mol. The lowest BCUT2D eigenvalue weighted by Gasteiger charge is -2.37. The van der Waals surface area contributed by atoms with Gasteiger partial charge in [-0.05, 0) is 32.9 Å². The SMILES string of the molecule is CC1=CC(C)=NN(C(C)(Cl)c2cccc(Cl)c2N)N1. The molecule has 0 spiro atoms. The standard InChI is InChI=1S/C13H16Cl2N4/c1-8-7-9(2)18-19(17-8)13(3,15)10-5-4-6-11(14)12(10)16/h4-7,17H,16H2,1-3H3. The van der Waals surface area contributed by atoms with E-state index in [9.17, 15) is 0 Å². The lowest BCUT2D eigenvalue weighted by molar-refractivity contribution is 0.126. The molecule has 6 heteroatoms. The van der Waals surface area contributed by atoms with E-state index in [0.29, 0.717) is 16.3 Å². The molecule has 0 amide bonds. The Bertz CT molecular complexity index is 564. The van der Waals surface area contributed by atoms with Crippen molar-refractivity contribution >= 4 is 34.6 Å². The Kier molecular flexibility index (Phi) is 3.65. The number of nitrogen functional groups attached to an aromatic ring is 1. The van der Waals surface area contributed by atoms with Gasteiger partial charge in [-0.25, -0.2) is 0 Å². The quantitative estimate of drug-likeness (QED) is 0.500. The largest absolute Gasteiger partial charge is 0.397 e. The summed E-state index contributed by atoms with van der Waals surface area (Å²) in [5.74, 6) is 0. The summed E-state index contributed by atoms with van der Waals surface area (Å²) < 4.78 is 0. The molecule has 0 saturated heterocycles. The summed E-state index contributed by atoms with van der Waals surface area (Å²) in [6, 6.07) is 5.39. The maximum atomic E-state index is 6.64. The average Bonchev–Trinajstić information content (AvgIpc) is 2.31. The van der Waals surface area contributed by atoms with E-state index < -0.39 is 5.00 Å². The van der Waals surface area contributed by atoms with E-state index in [1.54, 1.807) is 11.2 Å². The molecule has 0 radical (unpaired) electrons. The highest BCUT2D eigenvalue weighted by Crippen LogP contribution is 2.38. The van der Waals surface area contributed by atoms with Crippen LogP contribution in [-0.2, 0) is 5.00 Å². The fourth-order valence-electron chi connectivity index (χ4n) is 1.97. The molecule has 0 aromatic heterocycles. The second-order valence-corrected chi connectivity index (χ2v) is 5.79. The van der Waals surface area contributed by atoms with Gasteiger partial charge in [0.2, 0.25) is 0 Å². The van der Waals surface area contributed by atoms with Crippen LogP contribution in [0.25, 0.3) is 0 Å². The first-order valence-corrected chi connectivity index (χ1v) is 6.61. The normalized spacial score (nSPS) is 18.3. The maximum Gasteiger partial charge on any atom is 0.177 e. The van der Waals surface area contributed by atoms with E-state index in [2.05, 4.69) is 10.5 Å². The molecule has 1 aromatic carbocycles. The number of benzene rings is 1. The lowest BCUT2D eigenvalue weighted by Crippen LogP contribution is -2.46. The molecule has 1 unspecified atom stereocenters.